The highest BCUT2D eigenvalue weighted by Crippen LogP contribution is 2.13. The summed E-state index contributed by atoms with van der Waals surface area (Å²) in [6.07, 6.45) is 3.25. The fraction of sp³-hybridized carbons (Fsp3) is 0.556. The molecule has 0 amide bonds. The maximum atomic E-state index is 5.57. The smallest absolute Gasteiger partial charge is 0.0334 e. The van der Waals surface area contributed by atoms with E-state index in [1.54, 1.807) is 0 Å². The van der Waals surface area contributed by atoms with Crippen molar-refractivity contribution in [3.63, 3.8) is 0 Å². The second kappa shape index (κ2) is 3.58. The van der Waals surface area contributed by atoms with Gasteiger partial charge in [-0.05, 0) is 25.5 Å². The molecule has 1 heterocycles. The highest BCUT2D eigenvalue weighted by atomic mass is 15.0. The van der Waals surface area contributed by atoms with E-state index >= 15 is 0 Å². The molecule has 1 aromatic rings. The molecule has 0 aliphatic rings. The monoisotopic (exact) mass is 152 g/mol. The van der Waals surface area contributed by atoms with Gasteiger partial charge in [0.25, 0.3) is 0 Å². The second-order valence-corrected chi connectivity index (χ2v) is 2.87. The quantitative estimate of drug-likeness (QED) is 0.704. The first kappa shape index (κ1) is 8.34. The van der Waals surface area contributed by atoms with Crippen LogP contribution in [0.15, 0.2) is 18.3 Å². The van der Waals surface area contributed by atoms with Crippen molar-refractivity contribution >= 4 is 0 Å². The molecular formula is C9H16N2. The van der Waals surface area contributed by atoms with Gasteiger partial charge in [0.15, 0.2) is 0 Å². The molecule has 0 aromatic carbocycles. The van der Waals surface area contributed by atoms with Crippen molar-refractivity contribution in [1.29, 1.82) is 0 Å². The van der Waals surface area contributed by atoms with Gasteiger partial charge in [-0.3, -0.25) is 0 Å². The Labute approximate surface area is 68.0 Å². The summed E-state index contributed by atoms with van der Waals surface area (Å²) in [5.74, 6) is 0. The standard InChI is InChI=1S/C9H16N2/c1-3-8(2)11-6-4-5-9(11)7-10/h4-6,8H,3,7,10H2,1-2H3. The Morgan fingerprint density at radius 2 is 2.36 bits per heavy atom. The fourth-order valence-electron chi connectivity index (χ4n) is 1.23. The topological polar surface area (TPSA) is 30.9 Å². The molecular weight excluding hydrogens is 136 g/mol. The minimum atomic E-state index is 0.573. The first-order valence-electron chi connectivity index (χ1n) is 4.15. The molecule has 0 aliphatic heterocycles. The average molecular weight is 152 g/mol. The van der Waals surface area contributed by atoms with E-state index in [1.165, 1.54) is 5.69 Å². The maximum absolute atomic E-state index is 5.57. The lowest BCUT2D eigenvalue weighted by atomic mass is 10.2. The molecule has 0 saturated carbocycles. The van der Waals surface area contributed by atoms with Crippen LogP contribution in [0.4, 0.5) is 0 Å². The molecule has 11 heavy (non-hydrogen) atoms. The first-order chi connectivity index (χ1) is 5.29. The largest absolute Gasteiger partial charge is 0.347 e. The summed E-state index contributed by atoms with van der Waals surface area (Å²) in [4.78, 5) is 0. The summed E-state index contributed by atoms with van der Waals surface area (Å²) in [5.41, 5.74) is 6.79. The van der Waals surface area contributed by atoms with Crippen LogP contribution in [-0.4, -0.2) is 4.57 Å². The summed E-state index contributed by atoms with van der Waals surface area (Å²) < 4.78 is 2.24. The molecule has 2 nitrogen and oxygen atoms in total. The third-order valence-corrected chi connectivity index (χ3v) is 2.14. The van der Waals surface area contributed by atoms with Crippen molar-refractivity contribution in [2.75, 3.05) is 0 Å². The minimum absolute atomic E-state index is 0.573. The molecule has 1 rings (SSSR count). The maximum Gasteiger partial charge on any atom is 0.0334 e. The zero-order valence-corrected chi connectivity index (χ0v) is 7.25. The van der Waals surface area contributed by atoms with Gasteiger partial charge < -0.3 is 10.3 Å². The summed E-state index contributed by atoms with van der Waals surface area (Å²) >= 11 is 0. The Balaban J connectivity index is 2.83. The first-order valence-corrected chi connectivity index (χ1v) is 4.15. The van der Waals surface area contributed by atoms with Gasteiger partial charge in [-0.25, -0.2) is 0 Å². The van der Waals surface area contributed by atoms with Crippen LogP contribution in [0.25, 0.3) is 0 Å². The summed E-state index contributed by atoms with van der Waals surface area (Å²) in [7, 11) is 0. The number of nitrogens with zero attached hydrogens (tertiary/aromatic N) is 1. The van der Waals surface area contributed by atoms with Crippen molar-refractivity contribution in [2.45, 2.75) is 32.9 Å². The van der Waals surface area contributed by atoms with Gasteiger partial charge in [0.05, 0.1) is 0 Å². The van der Waals surface area contributed by atoms with E-state index in [9.17, 15) is 0 Å². The van der Waals surface area contributed by atoms with Crippen LogP contribution in [0.3, 0.4) is 0 Å². The van der Waals surface area contributed by atoms with Gasteiger partial charge in [0, 0.05) is 24.5 Å². The third-order valence-electron chi connectivity index (χ3n) is 2.14. The lowest BCUT2D eigenvalue weighted by Crippen LogP contribution is -2.09. The Kier molecular flexibility index (Phi) is 2.71. The third kappa shape index (κ3) is 1.63. The van der Waals surface area contributed by atoms with E-state index in [4.69, 9.17) is 5.73 Å². The van der Waals surface area contributed by atoms with Gasteiger partial charge in [0.1, 0.15) is 0 Å². The van der Waals surface area contributed by atoms with Crippen LogP contribution in [-0.2, 0) is 6.54 Å². The van der Waals surface area contributed by atoms with Crippen molar-refractivity contribution < 1.29 is 0 Å². The van der Waals surface area contributed by atoms with E-state index in [0.717, 1.165) is 6.42 Å². The van der Waals surface area contributed by atoms with E-state index in [-0.39, 0.29) is 0 Å². The summed E-state index contributed by atoms with van der Waals surface area (Å²) in [6.45, 7) is 5.03. The number of aromatic nitrogens is 1. The zero-order valence-electron chi connectivity index (χ0n) is 7.25. The predicted molar refractivity (Wildman–Crippen MR) is 47.3 cm³/mol. The molecule has 2 N–H and O–H groups in total. The number of hydrogen-bond donors (Lipinski definition) is 1. The van der Waals surface area contributed by atoms with Crippen molar-refractivity contribution in [2.24, 2.45) is 5.73 Å². The second-order valence-electron chi connectivity index (χ2n) is 2.87. The highest BCUT2D eigenvalue weighted by molar-refractivity contribution is 5.07. The van der Waals surface area contributed by atoms with Crippen molar-refractivity contribution in [3.05, 3.63) is 24.0 Å². The molecule has 0 aliphatic carbocycles. The number of hydrogen-bond acceptors (Lipinski definition) is 1. The van der Waals surface area contributed by atoms with Gasteiger partial charge >= 0.3 is 0 Å². The molecule has 0 spiro atoms. The number of rotatable bonds is 3. The van der Waals surface area contributed by atoms with E-state index in [1.807, 2.05) is 6.07 Å². The molecule has 1 aromatic heterocycles. The molecule has 1 unspecified atom stereocenters. The summed E-state index contributed by atoms with van der Waals surface area (Å²) in [5, 5.41) is 0. The van der Waals surface area contributed by atoms with Crippen LogP contribution < -0.4 is 5.73 Å². The number of nitrogens with two attached hydrogens (primary N) is 1. The van der Waals surface area contributed by atoms with Crippen LogP contribution in [0, 0.1) is 0 Å². The fourth-order valence-corrected chi connectivity index (χ4v) is 1.23. The Morgan fingerprint density at radius 3 is 2.91 bits per heavy atom. The van der Waals surface area contributed by atoms with Gasteiger partial charge in [-0.15, -0.1) is 0 Å². The SMILES string of the molecule is CCC(C)n1cccc1CN. The Hall–Kier alpha value is -0.760. The lowest BCUT2D eigenvalue weighted by molar-refractivity contribution is 0.515. The average Bonchev–Trinajstić information content (AvgIpc) is 2.50. The van der Waals surface area contributed by atoms with Crippen molar-refractivity contribution in [3.8, 4) is 0 Å². The highest BCUT2D eigenvalue weighted by Gasteiger charge is 2.03. The molecule has 1 atom stereocenters. The Morgan fingerprint density at radius 1 is 1.64 bits per heavy atom. The molecule has 0 fully saturated rings. The van der Waals surface area contributed by atoms with Crippen LogP contribution >= 0.6 is 0 Å². The van der Waals surface area contributed by atoms with Crippen LogP contribution in [0.1, 0.15) is 32.0 Å². The van der Waals surface area contributed by atoms with E-state index < -0.39 is 0 Å². The van der Waals surface area contributed by atoms with Crippen LogP contribution in [0.5, 0.6) is 0 Å². The summed E-state index contributed by atoms with van der Waals surface area (Å²) in [6, 6.07) is 4.70. The lowest BCUT2D eigenvalue weighted by Gasteiger charge is -2.14. The predicted octanol–water partition coefficient (Wildman–Crippen LogP) is 1.92. The minimum Gasteiger partial charge on any atom is -0.347 e. The molecule has 62 valence electrons. The zero-order chi connectivity index (χ0) is 8.27. The van der Waals surface area contributed by atoms with Gasteiger partial charge in [-0.1, -0.05) is 6.92 Å². The van der Waals surface area contributed by atoms with Crippen LogP contribution in [0.2, 0.25) is 0 Å². The van der Waals surface area contributed by atoms with Crippen molar-refractivity contribution in [1.82, 2.24) is 4.57 Å². The van der Waals surface area contributed by atoms with Gasteiger partial charge in [0.2, 0.25) is 0 Å². The molecule has 2 heteroatoms. The van der Waals surface area contributed by atoms with Gasteiger partial charge in [-0.2, -0.15) is 0 Å². The molecule has 0 radical (unpaired) electrons. The molecule has 0 saturated heterocycles. The van der Waals surface area contributed by atoms with E-state index in [0.29, 0.717) is 12.6 Å². The normalized spacial score (nSPS) is 13.4. The Bertz CT molecular complexity index is 215. The molecule has 0 bridgehead atoms. The van der Waals surface area contributed by atoms with E-state index in [2.05, 4.69) is 30.7 Å².